The molecule has 0 bridgehead atoms. The van der Waals surface area contributed by atoms with Gasteiger partial charge in [-0.1, -0.05) is 11.8 Å². The fourth-order valence-corrected chi connectivity index (χ4v) is 3.93. The number of aryl methyl sites for hydroxylation is 1. The van der Waals surface area contributed by atoms with Gasteiger partial charge in [-0.3, -0.25) is 4.57 Å². The molecule has 0 radical (unpaired) electrons. The number of hydrogen-bond acceptors (Lipinski definition) is 8. The van der Waals surface area contributed by atoms with Crippen molar-refractivity contribution in [2.75, 3.05) is 14.2 Å². The maximum Gasteiger partial charge on any atom is 0.341 e. The topological polar surface area (TPSA) is 92.5 Å². The third-order valence-corrected chi connectivity index (χ3v) is 5.67. The number of thioether (sulfide) groups is 1. The van der Waals surface area contributed by atoms with Gasteiger partial charge in [0.2, 0.25) is 0 Å². The van der Waals surface area contributed by atoms with Crippen LogP contribution >= 0.6 is 11.8 Å². The van der Waals surface area contributed by atoms with Gasteiger partial charge in [-0.25, -0.2) is 4.79 Å². The molecular weight excluding hydrogens is 418 g/mol. The van der Waals surface area contributed by atoms with Gasteiger partial charge in [0.05, 0.1) is 32.8 Å². The maximum atomic E-state index is 11.8. The lowest BCUT2D eigenvalue weighted by molar-refractivity contribution is 0.0599. The Labute approximate surface area is 183 Å². The second-order valence-corrected chi connectivity index (χ2v) is 7.61. The van der Waals surface area contributed by atoms with Gasteiger partial charge < -0.3 is 18.3 Å². The molecule has 0 aliphatic heterocycles. The fourth-order valence-electron chi connectivity index (χ4n) is 3.11. The molecule has 0 saturated heterocycles. The molecule has 0 aliphatic rings. The molecule has 0 aliphatic carbocycles. The molecule has 160 valence electrons. The quantitative estimate of drug-likeness (QED) is 0.291. The third kappa shape index (κ3) is 4.51. The van der Waals surface area contributed by atoms with Crippen molar-refractivity contribution in [3.8, 4) is 17.1 Å². The van der Waals surface area contributed by atoms with Gasteiger partial charge in [-0.05, 0) is 49.4 Å². The van der Waals surface area contributed by atoms with E-state index in [0.29, 0.717) is 40.4 Å². The molecule has 4 aromatic rings. The van der Waals surface area contributed by atoms with E-state index < -0.39 is 5.97 Å². The number of furan rings is 2. The Hall–Kier alpha value is -3.46. The number of nitrogens with zero attached hydrogens (tertiary/aromatic N) is 3. The molecule has 0 spiro atoms. The van der Waals surface area contributed by atoms with Crippen molar-refractivity contribution in [3.63, 3.8) is 0 Å². The number of rotatable bonds is 8. The molecule has 0 unspecified atom stereocenters. The van der Waals surface area contributed by atoms with Gasteiger partial charge in [0, 0.05) is 5.56 Å². The summed E-state index contributed by atoms with van der Waals surface area (Å²) in [5.41, 5.74) is 1.34. The van der Waals surface area contributed by atoms with Gasteiger partial charge in [0.1, 0.15) is 28.6 Å². The first kappa shape index (κ1) is 20.8. The van der Waals surface area contributed by atoms with Crippen molar-refractivity contribution in [1.82, 2.24) is 14.8 Å². The van der Waals surface area contributed by atoms with Gasteiger partial charge >= 0.3 is 5.97 Å². The van der Waals surface area contributed by atoms with Crippen LogP contribution in [0.25, 0.3) is 11.4 Å². The molecule has 0 amide bonds. The highest BCUT2D eigenvalue weighted by Crippen LogP contribution is 2.29. The fraction of sp³-hybridized carbons (Fsp3) is 0.227. The highest BCUT2D eigenvalue weighted by Gasteiger charge is 2.19. The lowest BCUT2D eigenvalue weighted by atomic mass is 10.2. The summed E-state index contributed by atoms with van der Waals surface area (Å²) in [6.45, 7) is 2.22. The average Bonchev–Trinajstić information content (AvgIpc) is 3.53. The van der Waals surface area contributed by atoms with E-state index in [-0.39, 0.29) is 0 Å². The molecule has 3 heterocycles. The minimum Gasteiger partial charge on any atom is -0.497 e. The molecule has 0 fully saturated rings. The van der Waals surface area contributed by atoms with Crippen LogP contribution in [0.4, 0.5) is 0 Å². The Morgan fingerprint density at radius 1 is 1.13 bits per heavy atom. The summed E-state index contributed by atoms with van der Waals surface area (Å²) in [5, 5.41) is 9.49. The van der Waals surface area contributed by atoms with Crippen LogP contribution in [0.1, 0.15) is 27.6 Å². The van der Waals surface area contributed by atoms with Crippen molar-refractivity contribution < 1.29 is 23.1 Å². The molecule has 0 N–H and O–H groups in total. The third-order valence-electron chi connectivity index (χ3n) is 4.68. The average molecular weight is 439 g/mol. The van der Waals surface area contributed by atoms with Gasteiger partial charge in [-0.2, -0.15) is 0 Å². The van der Waals surface area contributed by atoms with E-state index in [4.69, 9.17) is 18.3 Å². The number of aromatic nitrogens is 3. The van der Waals surface area contributed by atoms with Crippen LogP contribution in [0, 0.1) is 6.92 Å². The van der Waals surface area contributed by atoms with E-state index in [1.54, 1.807) is 26.4 Å². The Morgan fingerprint density at radius 3 is 2.61 bits per heavy atom. The van der Waals surface area contributed by atoms with Crippen LogP contribution in [-0.4, -0.2) is 35.0 Å². The number of carbonyl (C=O) groups is 1. The van der Waals surface area contributed by atoms with E-state index in [1.807, 2.05) is 41.0 Å². The van der Waals surface area contributed by atoms with Gasteiger partial charge in [0.15, 0.2) is 11.0 Å². The Balaban J connectivity index is 1.61. The molecule has 31 heavy (non-hydrogen) atoms. The summed E-state index contributed by atoms with van der Waals surface area (Å²) in [7, 11) is 2.98. The summed E-state index contributed by atoms with van der Waals surface area (Å²) in [4.78, 5) is 11.8. The van der Waals surface area contributed by atoms with Crippen molar-refractivity contribution >= 4 is 17.7 Å². The zero-order chi connectivity index (χ0) is 21.8. The highest BCUT2D eigenvalue weighted by atomic mass is 32.2. The molecule has 1 aromatic carbocycles. The maximum absolute atomic E-state index is 11.8. The van der Waals surface area contributed by atoms with Crippen LogP contribution in [0.5, 0.6) is 5.75 Å². The van der Waals surface area contributed by atoms with Crippen LogP contribution in [0.15, 0.2) is 62.7 Å². The second-order valence-electron chi connectivity index (χ2n) is 6.66. The van der Waals surface area contributed by atoms with Crippen LogP contribution in [-0.2, 0) is 17.0 Å². The lowest BCUT2D eigenvalue weighted by Crippen LogP contribution is -2.03. The Kier molecular flexibility index (Phi) is 6.13. The summed E-state index contributed by atoms with van der Waals surface area (Å²) in [6.07, 6.45) is 1.64. The molecule has 0 atom stereocenters. The molecular formula is C22H21N3O5S. The van der Waals surface area contributed by atoms with E-state index in [1.165, 1.54) is 18.9 Å². The van der Waals surface area contributed by atoms with Crippen molar-refractivity contribution in [3.05, 3.63) is 71.6 Å². The minimum absolute atomic E-state index is 0.416. The number of benzene rings is 1. The molecule has 4 rings (SSSR count). The van der Waals surface area contributed by atoms with Crippen molar-refractivity contribution in [2.45, 2.75) is 24.4 Å². The smallest absolute Gasteiger partial charge is 0.341 e. The summed E-state index contributed by atoms with van der Waals surface area (Å²) in [6, 6.07) is 13.1. The lowest BCUT2D eigenvalue weighted by Gasteiger charge is -2.09. The van der Waals surface area contributed by atoms with Gasteiger partial charge in [-0.15, -0.1) is 10.2 Å². The van der Waals surface area contributed by atoms with E-state index in [0.717, 1.165) is 17.1 Å². The largest absolute Gasteiger partial charge is 0.497 e. The van der Waals surface area contributed by atoms with Crippen LogP contribution < -0.4 is 4.74 Å². The zero-order valence-electron chi connectivity index (χ0n) is 17.3. The van der Waals surface area contributed by atoms with E-state index in [9.17, 15) is 4.79 Å². The highest BCUT2D eigenvalue weighted by molar-refractivity contribution is 7.98. The van der Waals surface area contributed by atoms with Crippen LogP contribution in [0.3, 0.4) is 0 Å². The van der Waals surface area contributed by atoms with Crippen LogP contribution in [0.2, 0.25) is 0 Å². The van der Waals surface area contributed by atoms with E-state index in [2.05, 4.69) is 10.2 Å². The second kappa shape index (κ2) is 9.13. The molecule has 3 aromatic heterocycles. The molecule has 8 nitrogen and oxygen atoms in total. The number of carbonyl (C=O) groups excluding carboxylic acids is 1. The summed E-state index contributed by atoms with van der Waals surface area (Å²) >= 11 is 1.46. The summed E-state index contributed by atoms with van der Waals surface area (Å²) < 4.78 is 23.3. The molecule has 0 saturated carbocycles. The summed E-state index contributed by atoms with van der Waals surface area (Å²) in [5.74, 6) is 3.52. The monoisotopic (exact) mass is 439 g/mol. The number of esters is 1. The first-order chi connectivity index (χ1) is 15.1. The van der Waals surface area contributed by atoms with Gasteiger partial charge in [0.25, 0.3) is 0 Å². The zero-order valence-corrected chi connectivity index (χ0v) is 18.1. The van der Waals surface area contributed by atoms with Crippen molar-refractivity contribution in [1.29, 1.82) is 0 Å². The predicted octanol–water partition coefficient (Wildman–Crippen LogP) is 4.58. The normalized spacial score (nSPS) is 10.9. The van der Waals surface area contributed by atoms with E-state index >= 15 is 0 Å². The first-order valence-corrected chi connectivity index (χ1v) is 10.5. The SMILES string of the molecule is COC(=O)c1cc(CSc2nnc(-c3ccc(OC)cc3)n2Cc2ccco2)oc1C. The van der Waals surface area contributed by atoms with Crippen molar-refractivity contribution in [2.24, 2.45) is 0 Å². The minimum atomic E-state index is -0.416. The Morgan fingerprint density at radius 2 is 1.94 bits per heavy atom. The standard InChI is InChI=1S/C22H21N3O5S/c1-14-19(21(26)28-3)11-18(30-14)13-31-22-24-23-20(15-6-8-16(27-2)9-7-15)25(22)12-17-5-4-10-29-17/h4-11H,12-13H2,1-3H3. The Bertz CT molecular complexity index is 1160. The number of methoxy groups -OCH3 is 2. The predicted molar refractivity (Wildman–Crippen MR) is 114 cm³/mol. The molecule has 9 heteroatoms. The first-order valence-electron chi connectivity index (χ1n) is 9.49. The number of ether oxygens (including phenoxy) is 2. The number of hydrogen-bond donors (Lipinski definition) is 0.